The maximum Gasteiger partial charge on any atom is 0.402 e. The third-order valence-electron chi connectivity index (χ3n) is 2.00. The molecule has 19 heavy (non-hydrogen) atoms. The average Bonchev–Trinajstić information content (AvgIpc) is 2.24. The summed E-state index contributed by atoms with van der Waals surface area (Å²) in [5.74, 6) is -2.68. The summed E-state index contributed by atoms with van der Waals surface area (Å²) >= 11 is 0. The molecule has 1 rings (SSSR count). The Labute approximate surface area is 105 Å². The molecule has 0 spiro atoms. The van der Waals surface area contributed by atoms with Crippen LogP contribution >= 0.6 is 0 Å². The highest BCUT2D eigenvalue weighted by molar-refractivity contribution is 7.86. The van der Waals surface area contributed by atoms with Gasteiger partial charge in [-0.2, -0.15) is 17.2 Å². The van der Waals surface area contributed by atoms with Crippen molar-refractivity contribution in [3.05, 3.63) is 29.6 Å². The molecule has 106 valence electrons. The largest absolute Gasteiger partial charge is 0.454 e. The van der Waals surface area contributed by atoms with Crippen LogP contribution in [0, 0.1) is 5.82 Å². The van der Waals surface area contributed by atoms with Gasteiger partial charge in [-0.15, -0.1) is 0 Å². The lowest BCUT2D eigenvalue weighted by Gasteiger charge is -2.13. The molecule has 3 N–H and O–H groups in total. The Morgan fingerprint density at radius 3 is 2.47 bits per heavy atom. The van der Waals surface area contributed by atoms with E-state index in [0.29, 0.717) is 0 Å². The van der Waals surface area contributed by atoms with Gasteiger partial charge in [0, 0.05) is 5.69 Å². The van der Waals surface area contributed by atoms with Crippen LogP contribution in [0.15, 0.2) is 18.2 Å². The molecule has 0 bridgehead atoms. The molecule has 0 aliphatic heterocycles. The predicted molar refractivity (Wildman–Crippen MR) is 57.6 cm³/mol. The second kappa shape index (κ2) is 5.05. The molecule has 0 aromatic heterocycles. The number of hydrogen-bond acceptors (Lipinski definition) is 5. The van der Waals surface area contributed by atoms with Crippen molar-refractivity contribution in [1.82, 2.24) is 0 Å². The number of carbonyl (C=O) groups excluding carboxylic acids is 1. The summed E-state index contributed by atoms with van der Waals surface area (Å²) in [5, 5.41) is -4.69. The van der Waals surface area contributed by atoms with Crippen LogP contribution in [0.25, 0.3) is 0 Å². The minimum atomic E-state index is -5.74. The van der Waals surface area contributed by atoms with Gasteiger partial charge < -0.3 is 10.5 Å². The maximum atomic E-state index is 13.2. The van der Waals surface area contributed by atoms with Crippen LogP contribution < -0.4 is 5.73 Å². The van der Waals surface area contributed by atoms with E-state index in [-0.39, 0.29) is 5.69 Å². The number of benzene rings is 1. The molecule has 0 atom stereocenters. The monoisotopic (exact) mass is 299 g/mol. The lowest BCUT2D eigenvalue weighted by molar-refractivity contribution is -0.00971. The van der Waals surface area contributed by atoms with E-state index in [1.165, 1.54) is 6.07 Å². The van der Waals surface area contributed by atoms with Crippen LogP contribution in [-0.2, 0) is 14.9 Å². The first-order valence-corrected chi connectivity index (χ1v) is 6.06. The summed E-state index contributed by atoms with van der Waals surface area (Å²) in [6.45, 7) is -1.96. The van der Waals surface area contributed by atoms with E-state index < -0.39 is 39.3 Å². The lowest BCUT2D eigenvalue weighted by atomic mass is 10.2. The zero-order valence-electron chi connectivity index (χ0n) is 9.14. The minimum Gasteiger partial charge on any atom is -0.454 e. The van der Waals surface area contributed by atoms with E-state index in [0.717, 1.165) is 12.1 Å². The maximum absolute atomic E-state index is 13.2. The molecular formula is C9H8F3NO5S. The fourth-order valence-electron chi connectivity index (χ4n) is 1.05. The van der Waals surface area contributed by atoms with Crippen molar-refractivity contribution in [3.8, 4) is 0 Å². The molecule has 10 heteroatoms. The van der Waals surface area contributed by atoms with Gasteiger partial charge in [0.05, 0.1) is 0 Å². The van der Waals surface area contributed by atoms with E-state index in [1.807, 2.05) is 0 Å². The SMILES string of the molecule is Nc1cccc(F)c1C(=O)OCC(F)(F)S(=O)(=O)O. The van der Waals surface area contributed by atoms with Crippen LogP contribution in [0.4, 0.5) is 18.9 Å². The van der Waals surface area contributed by atoms with Gasteiger partial charge in [0.2, 0.25) is 0 Å². The van der Waals surface area contributed by atoms with E-state index >= 15 is 0 Å². The second-order valence-electron chi connectivity index (χ2n) is 3.39. The minimum absolute atomic E-state index is 0.361. The molecule has 0 aliphatic carbocycles. The fourth-order valence-corrected chi connectivity index (χ4v) is 1.26. The number of ether oxygens (including phenoxy) is 1. The molecule has 0 fully saturated rings. The first kappa shape index (κ1) is 15.2. The Bertz CT molecular complexity index is 582. The molecule has 0 radical (unpaired) electrons. The van der Waals surface area contributed by atoms with E-state index in [1.54, 1.807) is 0 Å². The summed E-state index contributed by atoms with van der Waals surface area (Å²) in [4.78, 5) is 11.3. The van der Waals surface area contributed by atoms with Crippen molar-refractivity contribution in [3.63, 3.8) is 0 Å². The zero-order chi connectivity index (χ0) is 14.8. The molecule has 1 aromatic carbocycles. The number of anilines is 1. The Morgan fingerprint density at radius 2 is 2.00 bits per heavy atom. The van der Waals surface area contributed by atoms with Crippen molar-refractivity contribution >= 4 is 21.8 Å². The van der Waals surface area contributed by atoms with E-state index in [2.05, 4.69) is 4.74 Å². The van der Waals surface area contributed by atoms with Crippen molar-refractivity contribution in [1.29, 1.82) is 0 Å². The van der Waals surface area contributed by atoms with Crippen molar-refractivity contribution < 1.29 is 35.7 Å². The van der Waals surface area contributed by atoms with Crippen LogP contribution in [0.1, 0.15) is 10.4 Å². The fraction of sp³-hybridized carbons (Fsp3) is 0.222. The average molecular weight is 299 g/mol. The Hall–Kier alpha value is -1.81. The number of carbonyl (C=O) groups is 1. The summed E-state index contributed by atoms with van der Waals surface area (Å²) in [7, 11) is -5.74. The smallest absolute Gasteiger partial charge is 0.402 e. The molecule has 0 amide bonds. The topological polar surface area (TPSA) is 107 Å². The van der Waals surface area contributed by atoms with Crippen molar-refractivity contribution in [2.24, 2.45) is 0 Å². The normalized spacial score (nSPS) is 12.2. The van der Waals surface area contributed by atoms with Gasteiger partial charge in [0.25, 0.3) is 0 Å². The highest BCUT2D eigenvalue weighted by atomic mass is 32.2. The summed E-state index contributed by atoms with van der Waals surface area (Å²) in [6, 6.07) is 3.14. The Morgan fingerprint density at radius 1 is 1.42 bits per heavy atom. The number of rotatable bonds is 4. The zero-order valence-corrected chi connectivity index (χ0v) is 9.96. The van der Waals surface area contributed by atoms with E-state index in [9.17, 15) is 26.4 Å². The Kier molecular flexibility index (Phi) is 4.06. The lowest BCUT2D eigenvalue weighted by Crippen LogP contribution is -2.34. The van der Waals surface area contributed by atoms with Gasteiger partial charge >= 0.3 is 21.3 Å². The number of alkyl halides is 2. The molecule has 6 nitrogen and oxygen atoms in total. The molecule has 0 unspecified atom stereocenters. The van der Waals surface area contributed by atoms with Gasteiger partial charge in [-0.3, -0.25) is 4.55 Å². The quantitative estimate of drug-likeness (QED) is 0.489. The van der Waals surface area contributed by atoms with Gasteiger partial charge in [0.1, 0.15) is 11.4 Å². The van der Waals surface area contributed by atoms with Crippen molar-refractivity contribution in [2.75, 3.05) is 12.3 Å². The van der Waals surface area contributed by atoms with E-state index in [4.69, 9.17) is 10.3 Å². The van der Waals surface area contributed by atoms with Crippen LogP contribution in [0.5, 0.6) is 0 Å². The van der Waals surface area contributed by atoms with Crippen LogP contribution in [0.3, 0.4) is 0 Å². The summed E-state index contributed by atoms with van der Waals surface area (Å²) in [6.07, 6.45) is 0. The predicted octanol–water partition coefficient (Wildman–Crippen LogP) is 1.05. The highest BCUT2D eigenvalue weighted by Crippen LogP contribution is 2.22. The van der Waals surface area contributed by atoms with Gasteiger partial charge in [0.15, 0.2) is 6.61 Å². The van der Waals surface area contributed by atoms with Gasteiger partial charge in [-0.25, -0.2) is 9.18 Å². The van der Waals surface area contributed by atoms with Crippen LogP contribution in [-0.4, -0.2) is 30.8 Å². The molecule has 1 aromatic rings. The van der Waals surface area contributed by atoms with Crippen molar-refractivity contribution in [2.45, 2.75) is 5.25 Å². The first-order chi connectivity index (χ1) is 8.56. The molecular weight excluding hydrogens is 291 g/mol. The highest BCUT2D eigenvalue weighted by Gasteiger charge is 2.45. The molecule has 0 aliphatic rings. The standard InChI is InChI=1S/C9H8F3NO5S/c10-5-2-1-3-6(13)7(5)8(14)18-4-9(11,12)19(15,16)17/h1-3H,4,13H2,(H,15,16,17). The number of nitrogen functional groups attached to an aromatic ring is 1. The third-order valence-corrected chi connectivity index (χ3v) is 2.87. The number of hydrogen-bond donors (Lipinski definition) is 2. The van der Waals surface area contributed by atoms with Gasteiger partial charge in [-0.05, 0) is 12.1 Å². The third kappa shape index (κ3) is 3.35. The summed E-state index contributed by atoms with van der Waals surface area (Å²) in [5.41, 5.74) is 4.09. The Balaban J connectivity index is 2.89. The molecule has 0 heterocycles. The summed E-state index contributed by atoms with van der Waals surface area (Å²) < 4.78 is 71.4. The number of nitrogens with two attached hydrogens (primary N) is 1. The molecule has 0 saturated heterocycles. The number of esters is 1. The second-order valence-corrected chi connectivity index (χ2v) is 4.94. The number of halogens is 3. The molecule has 0 saturated carbocycles. The first-order valence-electron chi connectivity index (χ1n) is 4.62. The van der Waals surface area contributed by atoms with Crippen LogP contribution in [0.2, 0.25) is 0 Å². The van der Waals surface area contributed by atoms with Gasteiger partial charge in [-0.1, -0.05) is 6.07 Å².